The molecule has 0 saturated heterocycles. The van der Waals surface area contributed by atoms with Crippen LogP contribution in [0.25, 0.3) is 16.6 Å². The maximum absolute atomic E-state index is 13.2. The first kappa shape index (κ1) is 19.8. The summed E-state index contributed by atoms with van der Waals surface area (Å²) >= 11 is 0. The van der Waals surface area contributed by atoms with Gasteiger partial charge in [-0.3, -0.25) is 9.59 Å². The molecule has 5 rings (SSSR count). The number of aromatic nitrogens is 4. The fourth-order valence-electron chi connectivity index (χ4n) is 3.77. The fraction of sp³-hybridized carbons (Fsp3) is 0.217. The SMILES string of the molecule is Cc1ccccc1-n1ncc2c(C)nn(CC(=O)Nc3ccc4c(c3)OCCO4)c(=O)c21. The standard InChI is InChI=1S/C23H21N5O4/c1-14-5-3-4-6-18(14)28-22-17(12-24-28)15(2)26-27(23(22)30)13-21(29)25-16-7-8-19-20(11-16)32-10-9-31-19/h3-8,11-12H,9-10,13H2,1-2H3,(H,25,29). The van der Waals surface area contributed by atoms with Crippen molar-refractivity contribution >= 4 is 22.5 Å². The predicted octanol–water partition coefficient (Wildman–Crippen LogP) is 2.61. The molecule has 9 nitrogen and oxygen atoms in total. The molecule has 162 valence electrons. The molecule has 2 aromatic heterocycles. The lowest BCUT2D eigenvalue weighted by Gasteiger charge is -2.19. The molecule has 1 aliphatic heterocycles. The Kier molecular flexibility index (Phi) is 4.85. The minimum absolute atomic E-state index is 0.233. The summed E-state index contributed by atoms with van der Waals surface area (Å²) in [7, 11) is 0. The Hall–Kier alpha value is -4.14. The maximum atomic E-state index is 13.2. The molecule has 1 aliphatic rings. The highest BCUT2D eigenvalue weighted by molar-refractivity contribution is 5.91. The van der Waals surface area contributed by atoms with Crippen molar-refractivity contribution in [2.45, 2.75) is 20.4 Å². The molecule has 1 N–H and O–H groups in total. The van der Waals surface area contributed by atoms with Crippen molar-refractivity contribution in [2.24, 2.45) is 0 Å². The topological polar surface area (TPSA) is 100 Å². The second-order valence-electron chi connectivity index (χ2n) is 7.56. The van der Waals surface area contributed by atoms with Crippen LogP contribution in [-0.4, -0.2) is 38.7 Å². The van der Waals surface area contributed by atoms with E-state index in [0.717, 1.165) is 11.3 Å². The zero-order valence-electron chi connectivity index (χ0n) is 17.7. The molecule has 3 heterocycles. The Morgan fingerprint density at radius 2 is 1.88 bits per heavy atom. The Bertz CT molecular complexity index is 1410. The number of para-hydroxylation sites is 1. The van der Waals surface area contributed by atoms with Crippen molar-refractivity contribution in [1.82, 2.24) is 19.6 Å². The molecule has 0 unspecified atom stereocenters. The number of hydrogen-bond donors (Lipinski definition) is 1. The van der Waals surface area contributed by atoms with Gasteiger partial charge in [0.15, 0.2) is 11.5 Å². The fourth-order valence-corrected chi connectivity index (χ4v) is 3.77. The van der Waals surface area contributed by atoms with Crippen molar-refractivity contribution in [1.29, 1.82) is 0 Å². The molecule has 0 bridgehead atoms. The van der Waals surface area contributed by atoms with Crippen LogP contribution in [0.15, 0.2) is 53.5 Å². The van der Waals surface area contributed by atoms with E-state index < -0.39 is 0 Å². The first-order chi connectivity index (χ1) is 15.5. The van der Waals surface area contributed by atoms with Crippen LogP contribution >= 0.6 is 0 Å². The van der Waals surface area contributed by atoms with Crippen LogP contribution < -0.4 is 20.3 Å². The van der Waals surface area contributed by atoms with Crippen LogP contribution in [0.5, 0.6) is 11.5 Å². The Morgan fingerprint density at radius 1 is 1.09 bits per heavy atom. The Labute approximate surface area is 183 Å². The van der Waals surface area contributed by atoms with Gasteiger partial charge in [-0.2, -0.15) is 10.2 Å². The number of aryl methyl sites for hydroxylation is 2. The second-order valence-corrected chi connectivity index (χ2v) is 7.56. The number of fused-ring (bicyclic) bond motifs is 2. The van der Waals surface area contributed by atoms with E-state index in [1.165, 1.54) is 4.68 Å². The second kappa shape index (κ2) is 7.84. The largest absolute Gasteiger partial charge is 0.486 e. The van der Waals surface area contributed by atoms with Crippen molar-refractivity contribution in [3.8, 4) is 17.2 Å². The number of hydrogen-bond acceptors (Lipinski definition) is 6. The molecule has 32 heavy (non-hydrogen) atoms. The number of ether oxygens (including phenoxy) is 2. The normalized spacial score (nSPS) is 12.7. The van der Waals surface area contributed by atoms with Gasteiger partial charge in [-0.1, -0.05) is 18.2 Å². The number of carbonyl (C=O) groups is 1. The highest BCUT2D eigenvalue weighted by Gasteiger charge is 2.18. The summed E-state index contributed by atoms with van der Waals surface area (Å²) in [6.07, 6.45) is 1.63. The van der Waals surface area contributed by atoms with Gasteiger partial charge in [0.25, 0.3) is 5.56 Å². The lowest BCUT2D eigenvalue weighted by Crippen LogP contribution is -2.31. The summed E-state index contributed by atoms with van der Waals surface area (Å²) in [6, 6.07) is 12.8. The molecular weight excluding hydrogens is 410 g/mol. The van der Waals surface area contributed by atoms with E-state index in [0.29, 0.717) is 47.0 Å². The van der Waals surface area contributed by atoms with E-state index in [9.17, 15) is 9.59 Å². The first-order valence-electron chi connectivity index (χ1n) is 10.2. The molecule has 0 aliphatic carbocycles. The number of rotatable bonds is 4. The third-order valence-corrected chi connectivity index (χ3v) is 5.33. The highest BCUT2D eigenvalue weighted by Crippen LogP contribution is 2.32. The number of amides is 1. The Morgan fingerprint density at radius 3 is 2.69 bits per heavy atom. The van der Waals surface area contributed by atoms with Crippen molar-refractivity contribution < 1.29 is 14.3 Å². The van der Waals surface area contributed by atoms with Crippen LogP contribution in [0.2, 0.25) is 0 Å². The van der Waals surface area contributed by atoms with Crippen LogP contribution in [0.1, 0.15) is 11.3 Å². The minimum atomic E-state index is -0.385. The molecule has 2 aromatic carbocycles. The van der Waals surface area contributed by atoms with E-state index in [1.807, 2.05) is 31.2 Å². The molecule has 0 saturated carbocycles. The van der Waals surface area contributed by atoms with Crippen LogP contribution in [-0.2, 0) is 11.3 Å². The zero-order chi connectivity index (χ0) is 22.2. The third kappa shape index (κ3) is 3.47. The first-order valence-corrected chi connectivity index (χ1v) is 10.2. The molecule has 0 spiro atoms. The van der Waals surface area contributed by atoms with Crippen molar-refractivity contribution in [3.63, 3.8) is 0 Å². The average Bonchev–Trinajstić information content (AvgIpc) is 3.23. The summed E-state index contributed by atoms with van der Waals surface area (Å²) in [4.78, 5) is 25.9. The molecule has 4 aromatic rings. The maximum Gasteiger partial charge on any atom is 0.293 e. The van der Waals surface area contributed by atoms with Gasteiger partial charge < -0.3 is 14.8 Å². The molecule has 0 fully saturated rings. The molecule has 0 atom stereocenters. The summed E-state index contributed by atoms with van der Waals surface area (Å²) in [5.74, 6) is 0.832. The lowest BCUT2D eigenvalue weighted by atomic mass is 10.2. The van der Waals surface area contributed by atoms with E-state index in [1.54, 1.807) is 36.0 Å². The van der Waals surface area contributed by atoms with Gasteiger partial charge in [-0.25, -0.2) is 9.36 Å². The minimum Gasteiger partial charge on any atom is -0.486 e. The Balaban J connectivity index is 1.46. The average molecular weight is 431 g/mol. The summed E-state index contributed by atoms with van der Waals surface area (Å²) in [5.41, 5.74) is 2.95. The number of carbonyl (C=O) groups excluding carboxylic acids is 1. The van der Waals surface area contributed by atoms with Gasteiger partial charge in [-0.05, 0) is 37.6 Å². The number of benzene rings is 2. The quantitative estimate of drug-likeness (QED) is 0.533. The van der Waals surface area contributed by atoms with E-state index in [4.69, 9.17) is 9.47 Å². The molecule has 0 radical (unpaired) electrons. The van der Waals surface area contributed by atoms with Crippen molar-refractivity contribution in [3.05, 3.63) is 70.3 Å². The summed E-state index contributed by atoms with van der Waals surface area (Å²) < 4.78 is 13.8. The van der Waals surface area contributed by atoms with Gasteiger partial charge in [-0.15, -0.1) is 0 Å². The van der Waals surface area contributed by atoms with Crippen LogP contribution in [0, 0.1) is 13.8 Å². The van der Waals surface area contributed by atoms with Gasteiger partial charge in [0, 0.05) is 17.1 Å². The van der Waals surface area contributed by atoms with Crippen molar-refractivity contribution in [2.75, 3.05) is 18.5 Å². The molecule has 9 heteroatoms. The molecular formula is C23H21N5O4. The monoisotopic (exact) mass is 431 g/mol. The predicted molar refractivity (Wildman–Crippen MR) is 119 cm³/mol. The summed E-state index contributed by atoms with van der Waals surface area (Å²) in [5, 5.41) is 12.2. The van der Waals surface area contributed by atoms with Crippen LogP contribution in [0.3, 0.4) is 0 Å². The number of anilines is 1. The zero-order valence-corrected chi connectivity index (χ0v) is 17.7. The third-order valence-electron chi connectivity index (χ3n) is 5.33. The van der Waals surface area contributed by atoms with Gasteiger partial charge in [0.1, 0.15) is 25.3 Å². The van der Waals surface area contributed by atoms with Gasteiger partial charge in [0.05, 0.1) is 17.6 Å². The van der Waals surface area contributed by atoms with Crippen LogP contribution in [0.4, 0.5) is 5.69 Å². The van der Waals surface area contributed by atoms with Gasteiger partial charge >= 0.3 is 0 Å². The number of nitrogens with zero attached hydrogens (tertiary/aromatic N) is 4. The smallest absolute Gasteiger partial charge is 0.293 e. The van der Waals surface area contributed by atoms with E-state index >= 15 is 0 Å². The number of nitrogens with one attached hydrogen (secondary N) is 1. The van der Waals surface area contributed by atoms with E-state index in [2.05, 4.69) is 15.5 Å². The lowest BCUT2D eigenvalue weighted by molar-refractivity contribution is -0.117. The summed E-state index contributed by atoms with van der Waals surface area (Å²) in [6.45, 7) is 4.46. The highest BCUT2D eigenvalue weighted by atomic mass is 16.6. The van der Waals surface area contributed by atoms with E-state index in [-0.39, 0.29) is 18.0 Å². The molecule has 1 amide bonds. The van der Waals surface area contributed by atoms with Gasteiger partial charge in [0.2, 0.25) is 5.91 Å².